The van der Waals surface area contributed by atoms with Gasteiger partial charge in [0.05, 0.1) is 10.6 Å². The zero-order valence-corrected chi connectivity index (χ0v) is 15.3. The van der Waals surface area contributed by atoms with Gasteiger partial charge in [0.15, 0.2) is 0 Å². The lowest BCUT2D eigenvalue weighted by Crippen LogP contribution is -2.33. The van der Waals surface area contributed by atoms with Crippen LogP contribution in [0.15, 0.2) is 47.4 Å². The molecule has 2 aromatic rings. The molecule has 2 N–H and O–H groups in total. The summed E-state index contributed by atoms with van der Waals surface area (Å²) in [5, 5.41) is 2.96. The molecule has 0 unspecified atom stereocenters. The van der Waals surface area contributed by atoms with Crippen LogP contribution < -0.4 is 10.0 Å². The number of halogens is 1. The Balaban J connectivity index is 1.86. The Labute approximate surface area is 152 Å². The van der Waals surface area contributed by atoms with Crippen LogP contribution in [0.1, 0.15) is 41.6 Å². The van der Waals surface area contributed by atoms with Crippen LogP contribution in [0, 0.1) is 12.7 Å². The van der Waals surface area contributed by atoms with Gasteiger partial charge in [0.1, 0.15) is 5.82 Å². The van der Waals surface area contributed by atoms with Gasteiger partial charge in [-0.1, -0.05) is 31.0 Å². The van der Waals surface area contributed by atoms with Crippen LogP contribution in [0.4, 0.5) is 10.1 Å². The van der Waals surface area contributed by atoms with Crippen LogP contribution in [0.3, 0.4) is 0 Å². The Hall–Kier alpha value is -2.41. The second kappa shape index (κ2) is 7.45. The number of rotatable bonds is 5. The molecule has 0 spiro atoms. The van der Waals surface area contributed by atoms with Gasteiger partial charge in [0.2, 0.25) is 0 Å². The molecule has 1 aliphatic carbocycles. The highest BCUT2D eigenvalue weighted by Crippen LogP contribution is 2.22. The van der Waals surface area contributed by atoms with E-state index in [4.69, 9.17) is 0 Å². The number of carbonyl (C=O) groups excluding carboxylic acids is 1. The molecular weight excluding hydrogens is 355 g/mol. The van der Waals surface area contributed by atoms with Gasteiger partial charge in [-0.2, -0.15) is 0 Å². The predicted molar refractivity (Wildman–Crippen MR) is 98.1 cm³/mol. The third-order valence-electron chi connectivity index (χ3n) is 4.57. The van der Waals surface area contributed by atoms with Gasteiger partial charge in [0, 0.05) is 11.6 Å². The first-order valence-electron chi connectivity index (χ1n) is 8.56. The highest BCUT2D eigenvalue weighted by molar-refractivity contribution is 7.92. The largest absolute Gasteiger partial charge is 0.349 e. The summed E-state index contributed by atoms with van der Waals surface area (Å²) in [6, 6.07) is 10.00. The highest BCUT2D eigenvalue weighted by atomic mass is 32.2. The van der Waals surface area contributed by atoms with E-state index in [1.165, 1.54) is 36.4 Å². The van der Waals surface area contributed by atoms with E-state index in [1.54, 1.807) is 13.0 Å². The molecule has 1 aliphatic rings. The van der Waals surface area contributed by atoms with E-state index in [2.05, 4.69) is 10.0 Å². The normalized spacial score (nSPS) is 15.0. The van der Waals surface area contributed by atoms with Gasteiger partial charge in [-0.15, -0.1) is 0 Å². The van der Waals surface area contributed by atoms with Crippen LogP contribution in [-0.2, 0) is 10.0 Å². The van der Waals surface area contributed by atoms with E-state index < -0.39 is 15.8 Å². The molecule has 0 bridgehead atoms. The van der Waals surface area contributed by atoms with Crippen molar-refractivity contribution in [1.29, 1.82) is 0 Å². The number of hydrogen-bond donors (Lipinski definition) is 2. The minimum atomic E-state index is -4.01. The van der Waals surface area contributed by atoms with E-state index in [-0.39, 0.29) is 22.5 Å². The molecule has 0 aromatic heterocycles. The maximum absolute atomic E-state index is 13.7. The van der Waals surface area contributed by atoms with Gasteiger partial charge in [-0.25, -0.2) is 12.8 Å². The minimum absolute atomic E-state index is 0.0806. The van der Waals surface area contributed by atoms with Crippen molar-refractivity contribution >= 4 is 21.6 Å². The lowest BCUT2D eigenvalue weighted by molar-refractivity contribution is 0.0937. The Morgan fingerprint density at radius 1 is 1.12 bits per heavy atom. The summed E-state index contributed by atoms with van der Waals surface area (Å²) in [4.78, 5) is 12.4. The molecule has 1 saturated carbocycles. The van der Waals surface area contributed by atoms with E-state index in [0.717, 1.165) is 25.7 Å². The zero-order valence-electron chi connectivity index (χ0n) is 14.5. The Kier molecular flexibility index (Phi) is 5.27. The molecule has 2 aromatic carbocycles. The van der Waals surface area contributed by atoms with Crippen molar-refractivity contribution < 1.29 is 17.6 Å². The molecule has 7 heteroatoms. The summed E-state index contributed by atoms with van der Waals surface area (Å²) in [5.74, 6) is -0.945. The van der Waals surface area contributed by atoms with Gasteiger partial charge in [-0.3, -0.25) is 9.52 Å². The summed E-state index contributed by atoms with van der Waals surface area (Å²) in [7, 11) is -4.01. The van der Waals surface area contributed by atoms with Crippen LogP contribution in [0.25, 0.3) is 0 Å². The average molecular weight is 376 g/mol. The first-order chi connectivity index (χ1) is 12.4. The van der Waals surface area contributed by atoms with Crippen molar-refractivity contribution in [2.45, 2.75) is 43.5 Å². The Morgan fingerprint density at radius 2 is 1.81 bits per heavy atom. The molecule has 138 valence electrons. The number of hydrogen-bond acceptors (Lipinski definition) is 3. The van der Waals surface area contributed by atoms with Gasteiger partial charge < -0.3 is 5.32 Å². The predicted octanol–water partition coefficient (Wildman–Crippen LogP) is 3.61. The number of aryl methyl sites for hydroxylation is 1. The maximum Gasteiger partial charge on any atom is 0.262 e. The second-order valence-electron chi connectivity index (χ2n) is 6.52. The summed E-state index contributed by atoms with van der Waals surface area (Å²) in [6.07, 6.45) is 4.06. The fourth-order valence-electron chi connectivity index (χ4n) is 3.09. The standard InChI is InChI=1S/C19H21FN2O3S/c1-13-10-11-15(12-16(13)19(23)21-14-6-2-3-7-14)26(24,25)22-18-9-5-4-8-17(18)20/h4-5,8-12,14,22H,2-3,6-7H2,1H3,(H,21,23). The van der Waals surface area contributed by atoms with E-state index in [9.17, 15) is 17.6 Å². The summed E-state index contributed by atoms with van der Waals surface area (Å²) >= 11 is 0. The molecule has 0 saturated heterocycles. The molecule has 5 nitrogen and oxygen atoms in total. The fraction of sp³-hybridized carbons (Fsp3) is 0.316. The summed E-state index contributed by atoms with van der Waals surface area (Å²) < 4.78 is 41.1. The van der Waals surface area contributed by atoms with Crippen molar-refractivity contribution in [2.75, 3.05) is 4.72 Å². The Bertz CT molecular complexity index is 922. The van der Waals surface area contributed by atoms with E-state index in [0.29, 0.717) is 11.1 Å². The topological polar surface area (TPSA) is 75.3 Å². The molecule has 1 amide bonds. The molecule has 0 atom stereocenters. The number of amides is 1. The third-order valence-corrected chi connectivity index (χ3v) is 5.94. The van der Waals surface area contributed by atoms with Gasteiger partial charge in [-0.05, 0) is 49.6 Å². The van der Waals surface area contributed by atoms with Crippen molar-refractivity contribution in [3.63, 3.8) is 0 Å². The maximum atomic E-state index is 13.7. The monoisotopic (exact) mass is 376 g/mol. The van der Waals surface area contributed by atoms with Crippen molar-refractivity contribution in [2.24, 2.45) is 0 Å². The quantitative estimate of drug-likeness (QED) is 0.837. The molecule has 0 heterocycles. The summed E-state index contributed by atoms with van der Waals surface area (Å²) in [6.45, 7) is 1.75. The number of sulfonamides is 1. The van der Waals surface area contributed by atoms with Crippen molar-refractivity contribution in [3.05, 3.63) is 59.4 Å². The molecule has 0 aliphatic heterocycles. The average Bonchev–Trinajstić information content (AvgIpc) is 3.10. The molecular formula is C19H21FN2O3S. The van der Waals surface area contributed by atoms with Gasteiger partial charge >= 0.3 is 0 Å². The number of para-hydroxylation sites is 1. The lowest BCUT2D eigenvalue weighted by Gasteiger charge is -2.15. The number of anilines is 1. The molecule has 1 fully saturated rings. The van der Waals surface area contributed by atoms with Crippen LogP contribution in [0.5, 0.6) is 0 Å². The van der Waals surface area contributed by atoms with Crippen LogP contribution in [-0.4, -0.2) is 20.4 Å². The molecule has 26 heavy (non-hydrogen) atoms. The van der Waals surface area contributed by atoms with E-state index in [1.807, 2.05) is 0 Å². The smallest absolute Gasteiger partial charge is 0.262 e. The molecule has 3 rings (SSSR count). The molecule has 0 radical (unpaired) electrons. The minimum Gasteiger partial charge on any atom is -0.349 e. The van der Waals surface area contributed by atoms with Crippen molar-refractivity contribution in [1.82, 2.24) is 5.32 Å². The first kappa shape index (κ1) is 18.4. The van der Waals surface area contributed by atoms with E-state index >= 15 is 0 Å². The Morgan fingerprint density at radius 3 is 2.50 bits per heavy atom. The highest BCUT2D eigenvalue weighted by Gasteiger charge is 2.22. The summed E-state index contributed by atoms with van der Waals surface area (Å²) in [5.41, 5.74) is 0.865. The zero-order chi connectivity index (χ0) is 18.7. The van der Waals surface area contributed by atoms with Crippen LogP contribution >= 0.6 is 0 Å². The second-order valence-corrected chi connectivity index (χ2v) is 8.20. The number of benzene rings is 2. The third kappa shape index (κ3) is 4.04. The van der Waals surface area contributed by atoms with Gasteiger partial charge in [0.25, 0.3) is 15.9 Å². The number of carbonyl (C=O) groups is 1. The van der Waals surface area contributed by atoms with Crippen LogP contribution in [0.2, 0.25) is 0 Å². The SMILES string of the molecule is Cc1ccc(S(=O)(=O)Nc2ccccc2F)cc1C(=O)NC1CCCC1. The number of nitrogens with one attached hydrogen (secondary N) is 2. The van der Waals surface area contributed by atoms with Crippen molar-refractivity contribution in [3.8, 4) is 0 Å². The fourth-order valence-corrected chi connectivity index (χ4v) is 4.19. The lowest BCUT2D eigenvalue weighted by atomic mass is 10.1. The first-order valence-corrected chi connectivity index (χ1v) is 10.0.